The summed E-state index contributed by atoms with van der Waals surface area (Å²) in [6.07, 6.45) is 7.31. The second kappa shape index (κ2) is 8.53. The van der Waals surface area contributed by atoms with Crippen molar-refractivity contribution in [3.05, 3.63) is 23.4 Å². The molecule has 5 rings (SSSR count). The molecule has 0 radical (unpaired) electrons. The zero-order valence-electron chi connectivity index (χ0n) is 17.2. The zero-order chi connectivity index (χ0) is 21.3. The molecule has 1 aromatic heterocycles. The Morgan fingerprint density at radius 3 is 2.37 bits per heavy atom. The number of carbonyl (C=O) groups excluding carboxylic acids is 3. The van der Waals surface area contributed by atoms with Gasteiger partial charge in [-0.2, -0.15) is 0 Å². The Bertz CT molecular complexity index is 791. The second-order valence-electron chi connectivity index (χ2n) is 9.19. The van der Waals surface area contributed by atoms with Crippen LogP contribution in [0.5, 0.6) is 0 Å². The summed E-state index contributed by atoms with van der Waals surface area (Å²) in [5.41, 5.74) is -0.225. The number of rotatable bonds is 7. The second-order valence-corrected chi connectivity index (χ2v) is 9.62. The number of nitrogens with one attached hydrogen (secondary N) is 2. The lowest BCUT2D eigenvalue weighted by Crippen LogP contribution is -2.53. The van der Waals surface area contributed by atoms with E-state index in [1.165, 1.54) is 32.4 Å². The first-order valence-corrected chi connectivity index (χ1v) is 11.1. The van der Waals surface area contributed by atoms with Crippen LogP contribution < -0.4 is 10.6 Å². The van der Waals surface area contributed by atoms with Gasteiger partial charge in [-0.05, 0) is 75.3 Å². The Morgan fingerprint density at radius 2 is 1.80 bits per heavy atom. The maximum atomic E-state index is 12.9. The van der Waals surface area contributed by atoms with E-state index in [0.29, 0.717) is 28.6 Å². The topological polar surface area (TPSA) is 97.4 Å². The Hall–Kier alpha value is -2.15. The van der Waals surface area contributed by atoms with Crippen LogP contribution in [0.3, 0.4) is 0 Å². The fraction of sp³-hybridized carbons (Fsp3) is 0.636. The smallest absolute Gasteiger partial charge is 0.308 e. The molecule has 4 saturated carbocycles. The molecule has 30 heavy (non-hydrogen) atoms. The van der Waals surface area contributed by atoms with Crippen LogP contribution in [0.4, 0.5) is 5.82 Å². The van der Waals surface area contributed by atoms with Gasteiger partial charge in [-0.15, -0.1) is 0 Å². The van der Waals surface area contributed by atoms with Crippen LogP contribution in [0.25, 0.3) is 0 Å². The molecule has 1 heterocycles. The van der Waals surface area contributed by atoms with Gasteiger partial charge in [0, 0.05) is 18.2 Å². The van der Waals surface area contributed by atoms with Crippen LogP contribution in [-0.2, 0) is 19.1 Å². The summed E-state index contributed by atoms with van der Waals surface area (Å²) in [6, 6.07) is 3.17. The van der Waals surface area contributed by atoms with Crippen molar-refractivity contribution in [3.8, 4) is 0 Å². The highest BCUT2D eigenvalue weighted by molar-refractivity contribution is 6.30. The van der Waals surface area contributed by atoms with E-state index < -0.39 is 18.0 Å². The first-order chi connectivity index (χ1) is 14.3. The summed E-state index contributed by atoms with van der Waals surface area (Å²) < 4.78 is 5.18. The van der Waals surface area contributed by atoms with Crippen molar-refractivity contribution in [2.75, 3.05) is 11.9 Å². The third-order valence-corrected chi connectivity index (χ3v) is 7.01. The van der Waals surface area contributed by atoms with E-state index in [0.717, 1.165) is 19.3 Å². The van der Waals surface area contributed by atoms with Crippen molar-refractivity contribution >= 4 is 35.2 Å². The van der Waals surface area contributed by atoms with Crippen LogP contribution in [-0.4, -0.2) is 35.4 Å². The highest BCUT2D eigenvalue weighted by Gasteiger charge is 2.54. The summed E-state index contributed by atoms with van der Waals surface area (Å²) in [7, 11) is 0. The Morgan fingerprint density at radius 1 is 1.17 bits per heavy atom. The fourth-order valence-electron chi connectivity index (χ4n) is 5.84. The molecule has 1 atom stereocenters. The van der Waals surface area contributed by atoms with Crippen LogP contribution >= 0.6 is 11.6 Å². The predicted molar refractivity (Wildman–Crippen MR) is 112 cm³/mol. The lowest BCUT2D eigenvalue weighted by atomic mass is 9.49. The summed E-state index contributed by atoms with van der Waals surface area (Å²) in [5, 5.41) is 5.98. The molecule has 4 aliphatic rings. The molecule has 4 bridgehead atoms. The molecular formula is C22H28ClN3O4. The first-order valence-electron chi connectivity index (χ1n) is 10.7. The van der Waals surface area contributed by atoms with Gasteiger partial charge in [0.2, 0.25) is 5.91 Å². The van der Waals surface area contributed by atoms with Crippen LogP contribution in [0, 0.1) is 23.2 Å². The SMILES string of the molecule is C[C@@H](OC(=O)CCNC(=O)C12CC3CC(CC(C3)C1)C2)C(=O)Nc1ccc(Cl)cn1. The quantitative estimate of drug-likeness (QED) is 0.643. The lowest BCUT2D eigenvalue weighted by Gasteiger charge is -2.55. The van der Waals surface area contributed by atoms with Gasteiger partial charge in [-0.1, -0.05) is 11.6 Å². The average Bonchev–Trinajstić information content (AvgIpc) is 2.68. The molecule has 2 N–H and O–H groups in total. The van der Waals surface area contributed by atoms with Gasteiger partial charge >= 0.3 is 5.97 Å². The minimum absolute atomic E-state index is 0.0366. The van der Waals surface area contributed by atoms with E-state index in [9.17, 15) is 14.4 Å². The number of amides is 2. The van der Waals surface area contributed by atoms with Gasteiger partial charge in [-0.25, -0.2) is 4.98 Å². The van der Waals surface area contributed by atoms with Gasteiger partial charge in [0.25, 0.3) is 5.91 Å². The van der Waals surface area contributed by atoms with Crippen LogP contribution in [0.2, 0.25) is 5.02 Å². The molecule has 4 aliphatic carbocycles. The van der Waals surface area contributed by atoms with Gasteiger partial charge in [0.05, 0.1) is 11.4 Å². The molecule has 7 nitrogen and oxygen atoms in total. The number of ether oxygens (including phenoxy) is 1. The molecule has 2 amide bonds. The maximum Gasteiger partial charge on any atom is 0.308 e. The highest BCUT2D eigenvalue weighted by Crippen LogP contribution is 2.60. The van der Waals surface area contributed by atoms with Crippen molar-refractivity contribution < 1.29 is 19.1 Å². The number of aromatic nitrogens is 1. The van der Waals surface area contributed by atoms with E-state index in [-0.39, 0.29) is 24.3 Å². The van der Waals surface area contributed by atoms with E-state index in [1.807, 2.05) is 0 Å². The highest BCUT2D eigenvalue weighted by atomic mass is 35.5. The largest absolute Gasteiger partial charge is 0.452 e. The molecule has 0 aliphatic heterocycles. The van der Waals surface area contributed by atoms with Crippen LogP contribution in [0.1, 0.15) is 51.9 Å². The number of hydrogen-bond donors (Lipinski definition) is 2. The Labute approximate surface area is 181 Å². The molecule has 162 valence electrons. The Kier molecular flexibility index (Phi) is 6.00. The molecule has 8 heteroatoms. The number of pyridine rings is 1. The zero-order valence-corrected chi connectivity index (χ0v) is 17.9. The predicted octanol–water partition coefficient (Wildman–Crippen LogP) is 3.33. The summed E-state index contributed by atoms with van der Waals surface area (Å²) in [6.45, 7) is 1.73. The summed E-state index contributed by atoms with van der Waals surface area (Å²) in [5.74, 6) is 1.51. The third kappa shape index (κ3) is 4.61. The monoisotopic (exact) mass is 433 g/mol. The maximum absolute atomic E-state index is 12.9. The van der Waals surface area contributed by atoms with E-state index in [2.05, 4.69) is 15.6 Å². The Balaban J connectivity index is 1.20. The van der Waals surface area contributed by atoms with Crippen molar-refractivity contribution in [1.82, 2.24) is 10.3 Å². The number of halogens is 1. The number of nitrogens with zero attached hydrogens (tertiary/aromatic N) is 1. The number of hydrogen-bond acceptors (Lipinski definition) is 5. The molecule has 0 aromatic carbocycles. The normalized spacial score (nSPS) is 29.9. The minimum atomic E-state index is -0.964. The molecule has 0 unspecified atom stereocenters. The van der Waals surface area contributed by atoms with Gasteiger partial charge in [-0.3, -0.25) is 14.4 Å². The van der Waals surface area contributed by atoms with Gasteiger partial charge < -0.3 is 15.4 Å². The summed E-state index contributed by atoms with van der Waals surface area (Å²) in [4.78, 5) is 41.1. The minimum Gasteiger partial charge on any atom is -0.452 e. The molecule has 0 saturated heterocycles. The molecule has 0 spiro atoms. The van der Waals surface area contributed by atoms with Crippen molar-refractivity contribution in [1.29, 1.82) is 0 Å². The number of carbonyl (C=O) groups is 3. The van der Waals surface area contributed by atoms with Crippen molar-refractivity contribution in [2.24, 2.45) is 23.2 Å². The standard InChI is InChI=1S/C22H28ClN3O4/c1-13(20(28)26-18-3-2-17(23)12-25-18)30-19(27)4-5-24-21(29)22-9-14-6-15(10-22)8-16(7-14)11-22/h2-3,12-16H,4-11H2,1H3,(H,24,29)(H,25,26,28)/t13-,14?,15?,16?,22?/m1/s1. The van der Waals surface area contributed by atoms with Gasteiger partial charge in [0.15, 0.2) is 6.10 Å². The first kappa shape index (κ1) is 21.1. The fourth-order valence-corrected chi connectivity index (χ4v) is 5.95. The summed E-state index contributed by atoms with van der Waals surface area (Å²) >= 11 is 5.76. The molecule has 1 aromatic rings. The van der Waals surface area contributed by atoms with E-state index >= 15 is 0 Å². The van der Waals surface area contributed by atoms with Gasteiger partial charge in [0.1, 0.15) is 5.82 Å². The third-order valence-electron chi connectivity index (χ3n) is 6.79. The molecular weight excluding hydrogens is 406 g/mol. The molecule has 4 fully saturated rings. The van der Waals surface area contributed by atoms with Crippen molar-refractivity contribution in [3.63, 3.8) is 0 Å². The van der Waals surface area contributed by atoms with Crippen LogP contribution in [0.15, 0.2) is 18.3 Å². The lowest BCUT2D eigenvalue weighted by molar-refractivity contribution is -0.153. The van der Waals surface area contributed by atoms with E-state index in [4.69, 9.17) is 16.3 Å². The average molecular weight is 434 g/mol. The number of anilines is 1. The van der Waals surface area contributed by atoms with Crippen molar-refractivity contribution in [2.45, 2.75) is 58.0 Å². The van der Waals surface area contributed by atoms with E-state index in [1.54, 1.807) is 12.1 Å². The number of esters is 1.